The van der Waals surface area contributed by atoms with Crippen molar-refractivity contribution in [3.05, 3.63) is 16.0 Å². The number of amides is 2. The molecule has 1 rings (SSSR count). The molecule has 0 fully saturated rings. The Morgan fingerprint density at radius 1 is 1.22 bits per heavy atom. The van der Waals surface area contributed by atoms with E-state index in [-0.39, 0.29) is 11.8 Å². The Hall–Kier alpha value is -1.56. The van der Waals surface area contributed by atoms with Crippen molar-refractivity contribution in [1.29, 1.82) is 0 Å². The predicted molar refractivity (Wildman–Crippen MR) is 74.1 cm³/mol. The minimum atomic E-state index is -0.224. The van der Waals surface area contributed by atoms with Crippen molar-refractivity contribution in [2.75, 3.05) is 18.8 Å². The third-order valence-electron chi connectivity index (χ3n) is 2.48. The molecule has 1 aromatic heterocycles. The number of nitrogens with two attached hydrogens (primary N) is 1. The fourth-order valence-corrected chi connectivity index (χ4v) is 2.59. The highest BCUT2D eigenvalue weighted by Gasteiger charge is 2.22. The van der Waals surface area contributed by atoms with Crippen LogP contribution in [0.15, 0.2) is 0 Å². The predicted octanol–water partition coefficient (Wildman–Crippen LogP) is 1.53. The van der Waals surface area contributed by atoms with E-state index >= 15 is 0 Å². The Kier molecular flexibility index (Phi) is 5.15. The van der Waals surface area contributed by atoms with E-state index in [1.807, 2.05) is 13.8 Å². The standard InChI is InChI=1S/C12H19N3O2S/c1-4-6-15-12(17)9-7(3)8(10(13)18-9)11(16)14-5-2/h4-6,13H2,1-3H3,(H,14,16)(H,15,17). The summed E-state index contributed by atoms with van der Waals surface area (Å²) >= 11 is 1.16. The van der Waals surface area contributed by atoms with Crippen LogP contribution in [-0.2, 0) is 0 Å². The molecule has 0 aliphatic carbocycles. The van der Waals surface area contributed by atoms with Crippen molar-refractivity contribution in [1.82, 2.24) is 10.6 Å². The lowest BCUT2D eigenvalue weighted by atomic mass is 10.1. The van der Waals surface area contributed by atoms with Crippen LogP contribution < -0.4 is 16.4 Å². The number of carbonyl (C=O) groups is 2. The maximum absolute atomic E-state index is 11.9. The fraction of sp³-hybridized carbons (Fsp3) is 0.500. The topological polar surface area (TPSA) is 84.2 Å². The van der Waals surface area contributed by atoms with Gasteiger partial charge in [0.15, 0.2) is 0 Å². The quantitative estimate of drug-likeness (QED) is 0.758. The molecule has 4 N–H and O–H groups in total. The Morgan fingerprint density at radius 3 is 2.44 bits per heavy atom. The van der Waals surface area contributed by atoms with Crippen LogP contribution in [0, 0.1) is 6.92 Å². The zero-order valence-corrected chi connectivity index (χ0v) is 11.7. The van der Waals surface area contributed by atoms with Gasteiger partial charge in [0.05, 0.1) is 15.4 Å². The molecule has 0 saturated carbocycles. The van der Waals surface area contributed by atoms with Gasteiger partial charge in [-0.1, -0.05) is 6.92 Å². The molecule has 0 spiro atoms. The van der Waals surface area contributed by atoms with Crippen LogP contribution in [0.3, 0.4) is 0 Å². The fourth-order valence-electron chi connectivity index (χ4n) is 1.60. The number of thiophene rings is 1. The summed E-state index contributed by atoms with van der Waals surface area (Å²) in [6.45, 7) is 6.72. The average Bonchev–Trinajstić information content (AvgIpc) is 2.62. The first-order valence-electron chi connectivity index (χ1n) is 5.98. The van der Waals surface area contributed by atoms with Gasteiger partial charge >= 0.3 is 0 Å². The van der Waals surface area contributed by atoms with Gasteiger partial charge in [-0.3, -0.25) is 9.59 Å². The first-order chi connectivity index (χ1) is 8.52. The molecular formula is C12H19N3O2S. The van der Waals surface area contributed by atoms with Gasteiger partial charge in [-0.05, 0) is 25.8 Å². The number of hydrogen-bond acceptors (Lipinski definition) is 4. The number of anilines is 1. The summed E-state index contributed by atoms with van der Waals surface area (Å²) in [7, 11) is 0. The van der Waals surface area contributed by atoms with E-state index in [0.717, 1.165) is 17.8 Å². The molecule has 5 nitrogen and oxygen atoms in total. The van der Waals surface area contributed by atoms with Crippen LogP contribution in [-0.4, -0.2) is 24.9 Å². The Bertz CT molecular complexity index is 454. The molecule has 6 heteroatoms. The van der Waals surface area contributed by atoms with Crippen molar-refractivity contribution >= 4 is 28.2 Å². The van der Waals surface area contributed by atoms with E-state index in [4.69, 9.17) is 5.73 Å². The highest BCUT2D eigenvalue weighted by atomic mass is 32.1. The third-order valence-corrected chi connectivity index (χ3v) is 3.60. The van der Waals surface area contributed by atoms with E-state index in [1.54, 1.807) is 6.92 Å². The molecule has 18 heavy (non-hydrogen) atoms. The summed E-state index contributed by atoms with van der Waals surface area (Å²) in [6, 6.07) is 0. The summed E-state index contributed by atoms with van der Waals surface area (Å²) in [6.07, 6.45) is 0.870. The van der Waals surface area contributed by atoms with Gasteiger partial charge in [0.2, 0.25) is 0 Å². The zero-order valence-electron chi connectivity index (χ0n) is 10.9. The van der Waals surface area contributed by atoms with E-state index in [9.17, 15) is 9.59 Å². The van der Waals surface area contributed by atoms with E-state index in [2.05, 4.69) is 10.6 Å². The Balaban J connectivity index is 3.00. The summed E-state index contributed by atoms with van der Waals surface area (Å²) in [5.74, 6) is -0.389. The lowest BCUT2D eigenvalue weighted by molar-refractivity contribution is 0.0955. The van der Waals surface area contributed by atoms with Gasteiger partial charge in [-0.25, -0.2) is 0 Å². The first-order valence-corrected chi connectivity index (χ1v) is 6.79. The van der Waals surface area contributed by atoms with Gasteiger partial charge in [0.25, 0.3) is 11.8 Å². The van der Waals surface area contributed by atoms with Gasteiger partial charge in [0, 0.05) is 13.1 Å². The minimum Gasteiger partial charge on any atom is -0.390 e. The molecular weight excluding hydrogens is 250 g/mol. The van der Waals surface area contributed by atoms with Gasteiger partial charge in [-0.15, -0.1) is 11.3 Å². The molecule has 0 atom stereocenters. The molecule has 0 aliphatic heterocycles. The number of rotatable bonds is 5. The van der Waals surface area contributed by atoms with Crippen molar-refractivity contribution in [2.45, 2.75) is 27.2 Å². The number of carbonyl (C=O) groups excluding carboxylic acids is 2. The van der Waals surface area contributed by atoms with Crippen molar-refractivity contribution < 1.29 is 9.59 Å². The van der Waals surface area contributed by atoms with Crippen LogP contribution in [0.1, 0.15) is 45.9 Å². The lowest BCUT2D eigenvalue weighted by Crippen LogP contribution is -2.25. The van der Waals surface area contributed by atoms with E-state index in [1.165, 1.54) is 0 Å². The van der Waals surface area contributed by atoms with Gasteiger partial charge < -0.3 is 16.4 Å². The molecule has 1 heterocycles. The van der Waals surface area contributed by atoms with Crippen LogP contribution in [0.5, 0.6) is 0 Å². The molecule has 0 saturated heterocycles. The van der Waals surface area contributed by atoms with Gasteiger partial charge in [0.1, 0.15) is 0 Å². The molecule has 0 bridgehead atoms. The Morgan fingerprint density at radius 2 is 1.89 bits per heavy atom. The van der Waals surface area contributed by atoms with Crippen molar-refractivity contribution in [3.8, 4) is 0 Å². The van der Waals surface area contributed by atoms with Crippen molar-refractivity contribution in [2.24, 2.45) is 0 Å². The second-order valence-corrected chi connectivity index (χ2v) is 4.96. The number of nitrogens with one attached hydrogen (secondary N) is 2. The monoisotopic (exact) mass is 269 g/mol. The summed E-state index contributed by atoms with van der Waals surface area (Å²) < 4.78 is 0. The van der Waals surface area contributed by atoms with Gasteiger partial charge in [-0.2, -0.15) is 0 Å². The van der Waals surface area contributed by atoms with Crippen LogP contribution >= 0.6 is 11.3 Å². The molecule has 1 aromatic rings. The molecule has 100 valence electrons. The van der Waals surface area contributed by atoms with Crippen LogP contribution in [0.2, 0.25) is 0 Å². The third kappa shape index (κ3) is 3.01. The summed E-state index contributed by atoms with van der Waals surface area (Å²) in [5, 5.41) is 5.87. The molecule has 0 aromatic carbocycles. The summed E-state index contributed by atoms with van der Waals surface area (Å²) in [5.41, 5.74) is 6.89. The molecule has 0 unspecified atom stereocenters. The molecule has 2 amide bonds. The maximum atomic E-state index is 11.9. The second kappa shape index (κ2) is 6.39. The van der Waals surface area contributed by atoms with Crippen LogP contribution in [0.4, 0.5) is 5.00 Å². The molecule has 0 radical (unpaired) electrons. The van der Waals surface area contributed by atoms with Crippen LogP contribution in [0.25, 0.3) is 0 Å². The number of nitrogen functional groups attached to an aromatic ring is 1. The first kappa shape index (κ1) is 14.5. The summed E-state index contributed by atoms with van der Waals surface area (Å²) in [4.78, 5) is 24.2. The highest BCUT2D eigenvalue weighted by Crippen LogP contribution is 2.30. The largest absolute Gasteiger partial charge is 0.390 e. The minimum absolute atomic E-state index is 0.165. The normalized spacial score (nSPS) is 10.2. The lowest BCUT2D eigenvalue weighted by Gasteiger charge is -2.04. The van der Waals surface area contributed by atoms with E-state index < -0.39 is 0 Å². The maximum Gasteiger partial charge on any atom is 0.261 e. The molecule has 0 aliphatic rings. The highest BCUT2D eigenvalue weighted by molar-refractivity contribution is 7.18. The van der Waals surface area contributed by atoms with Crippen molar-refractivity contribution in [3.63, 3.8) is 0 Å². The average molecular weight is 269 g/mol. The SMILES string of the molecule is CCCNC(=O)c1sc(N)c(C(=O)NCC)c1C. The Labute approximate surface area is 111 Å². The smallest absolute Gasteiger partial charge is 0.261 e. The van der Waals surface area contributed by atoms with E-state index in [0.29, 0.717) is 34.1 Å². The number of hydrogen-bond donors (Lipinski definition) is 3. The second-order valence-electron chi connectivity index (χ2n) is 3.91. The zero-order chi connectivity index (χ0) is 13.7.